The van der Waals surface area contributed by atoms with Gasteiger partial charge in [0.25, 0.3) is 0 Å². The molecule has 0 radical (unpaired) electrons. The number of hydrogen-bond acceptors (Lipinski definition) is 5. The van der Waals surface area contributed by atoms with E-state index in [1.165, 1.54) is 57.8 Å². The van der Waals surface area contributed by atoms with Gasteiger partial charge in [-0.05, 0) is 32.3 Å². The molecule has 6 heteroatoms. The van der Waals surface area contributed by atoms with E-state index < -0.39 is 11.9 Å². The van der Waals surface area contributed by atoms with E-state index in [2.05, 4.69) is 24.4 Å². The molecule has 0 unspecified atom stereocenters. The number of hydrogen-bond donors (Lipinski definition) is 1. The molecule has 0 aliphatic carbocycles. The molecule has 0 spiro atoms. The summed E-state index contributed by atoms with van der Waals surface area (Å²) in [5, 5.41) is 2.77. The molecule has 0 aromatic heterocycles. The Kier molecular flexibility index (Phi) is 11.6. The molecule has 2 saturated heterocycles. The monoisotopic (exact) mass is 487 g/mol. The lowest BCUT2D eigenvalue weighted by atomic mass is 10.1. The van der Waals surface area contributed by atoms with E-state index >= 15 is 0 Å². The maximum atomic E-state index is 12.0. The summed E-state index contributed by atoms with van der Waals surface area (Å²) in [6, 6.07) is 9.75. The first-order valence-electron chi connectivity index (χ1n) is 13.6. The highest BCUT2D eigenvalue weighted by molar-refractivity contribution is 5.67. The van der Waals surface area contributed by atoms with Crippen LogP contribution < -0.4 is 5.32 Å². The molecule has 1 N–H and O–H groups in total. The molecule has 2 aliphatic rings. The third-order valence-electron chi connectivity index (χ3n) is 6.57. The Morgan fingerprint density at radius 3 is 2.37 bits per heavy atom. The fourth-order valence-electron chi connectivity index (χ4n) is 4.58. The summed E-state index contributed by atoms with van der Waals surface area (Å²) in [6.45, 7) is 6.77. The van der Waals surface area contributed by atoms with Crippen LogP contribution in [-0.4, -0.2) is 42.9 Å². The lowest BCUT2D eigenvalue weighted by Gasteiger charge is -2.16. The molecule has 3 rings (SSSR count). The summed E-state index contributed by atoms with van der Waals surface area (Å²) in [7, 11) is 0. The van der Waals surface area contributed by atoms with Gasteiger partial charge in [0.2, 0.25) is 0 Å². The van der Waals surface area contributed by atoms with Crippen molar-refractivity contribution in [3.63, 3.8) is 0 Å². The molecule has 1 amide bonds. The zero-order chi connectivity index (χ0) is 24.9. The molecule has 1 aromatic carbocycles. The number of benzene rings is 1. The zero-order valence-corrected chi connectivity index (χ0v) is 21.9. The highest BCUT2D eigenvalue weighted by Gasteiger charge is 2.55. The molecule has 0 bridgehead atoms. The van der Waals surface area contributed by atoms with Crippen molar-refractivity contribution in [1.82, 2.24) is 5.32 Å². The Morgan fingerprint density at radius 2 is 1.66 bits per heavy atom. The molecular weight excluding hydrogens is 442 g/mol. The minimum atomic E-state index is -0.651. The van der Waals surface area contributed by atoms with Crippen LogP contribution in [0.15, 0.2) is 42.5 Å². The highest BCUT2D eigenvalue weighted by Crippen LogP contribution is 2.39. The molecule has 1 aromatic rings. The van der Waals surface area contributed by atoms with Crippen molar-refractivity contribution in [2.24, 2.45) is 0 Å². The van der Waals surface area contributed by atoms with Gasteiger partial charge in [-0.1, -0.05) is 101 Å². The van der Waals surface area contributed by atoms with E-state index in [4.69, 9.17) is 18.9 Å². The first-order valence-corrected chi connectivity index (χ1v) is 13.6. The van der Waals surface area contributed by atoms with Crippen molar-refractivity contribution in [3.8, 4) is 0 Å². The van der Waals surface area contributed by atoms with Gasteiger partial charge in [-0.2, -0.15) is 0 Å². The Hall–Kier alpha value is -1.89. The van der Waals surface area contributed by atoms with E-state index in [9.17, 15) is 4.79 Å². The topological polar surface area (TPSA) is 69.3 Å². The molecule has 6 nitrogen and oxygen atoms in total. The van der Waals surface area contributed by atoms with Crippen molar-refractivity contribution in [1.29, 1.82) is 0 Å². The molecular formula is C29H45NO5. The van der Waals surface area contributed by atoms with Crippen LogP contribution in [0.1, 0.15) is 90.5 Å². The van der Waals surface area contributed by atoms with Gasteiger partial charge in [0, 0.05) is 6.54 Å². The van der Waals surface area contributed by atoms with E-state index in [0.29, 0.717) is 6.54 Å². The molecule has 196 valence electrons. The Morgan fingerprint density at radius 1 is 0.971 bits per heavy atom. The van der Waals surface area contributed by atoms with Gasteiger partial charge in [0.1, 0.15) is 31.0 Å². The summed E-state index contributed by atoms with van der Waals surface area (Å²) in [5.41, 5.74) is 1.03. The lowest BCUT2D eigenvalue weighted by Crippen LogP contribution is -2.30. The maximum Gasteiger partial charge on any atom is 0.407 e. The van der Waals surface area contributed by atoms with Crippen LogP contribution in [0.25, 0.3) is 0 Å². The highest BCUT2D eigenvalue weighted by atomic mass is 16.8. The number of ether oxygens (including phenoxy) is 4. The quantitative estimate of drug-likeness (QED) is 0.160. The summed E-state index contributed by atoms with van der Waals surface area (Å²) >= 11 is 0. The van der Waals surface area contributed by atoms with E-state index in [0.717, 1.165) is 12.0 Å². The van der Waals surface area contributed by atoms with Crippen molar-refractivity contribution in [2.45, 2.75) is 122 Å². The van der Waals surface area contributed by atoms with Gasteiger partial charge in [-0.15, -0.1) is 0 Å². The average molecular weight is 488 g/mol. The molecule has 35 heavy (non-hydrogen) atoms. The molecule has 2 aliphatic heterocycles. The van der Waals surface area contributed by atoms with Crippen molar-refractivity contribution >= 4 is 6.09 Å². The number of epoxide rings is 1. The van der Waals surface area contributed by atoms with Crippen molar-refractivity contribution in [3.05, 3.63) is 48.0 Å². The predicted molar refractivity (Wildman–Crippen MR) is 138 cm³/mol. The van der Waals surface area contributed by atoms with Gasteiger partial charge < -0.3 is 24.3 Å². The third-order valence-corrected chi connectivity index (χ3v) is 6.57. The number of nitrogens with one attached hydrogen (secondary N) is 1. The average Bonchev–Trinajstić information content (AvgIpc) is 3.55. The van der Waals surface area contributed by atoms with Crippen LogP contribution in [0.3, 0.4) is 0 Å². The fraction of sp³-hybridized carbons (Fsp3) is 0.690. The third kappa shape index (κ3) is 10.3. The number of rotatable bonds is 16. The summed E-state index contributed by atoms with van der Waals surface area (Å²) in [5.74, 6) is -0.651. The molecule has 2 fully saturated rings. The summed E-state index contributed by atoms with van der Waals surface area (Å²) in [4.78, 5) is 12.0. The van der Waals surface area contributed by atoms with Crippen LogP contribution >= 0.6 is 0 Å². The van der Waals surface area contributed by atoms with Crippen LogP contribution in [0.5, 0.6) is 0 Å². The fourth-order valence-corrected chi connectivity index (χ4v) is 4.58. The standard InChI is InChI=1S/C29H45NO5/c1-4-5-6-7-8-9-10-11-12-13-17-20-24-27(35-29(2,3)34-24)26-25(33-26)22-32-28(31)30-21-23-18-15-14-16-19-23/h14-20,24-27H,4-13,21-22H2,1-3H3,(H,30,31)/b20-17-/t24-,25-,26+,27-/m1/s1. The van der Waals surface area contributed by atoms with E-state index in [-0.39, 0.29) is 31.0 Å². The second-order valence-corrected chi connectivity index (χ2v) is 10.2. The van der Waals surface area contributed by atoms with Gasteiger partial charge in [-0.3, -0.25) is 0 Å². The molecule has 4 atom stereocenters. The molecule has 2 heterocycles. The Labute approximate surface area is 211 Å². The number of amides is 1. The second kappa shape index (κ2) is 14.6. The number of allylic oxidation sites excluding steroid dienone is 1. The zero-order valence-electron chi connectivity index (χ0n) is 21.9. The lowest BCUT2D eigenvalue weighted by molar-refractivity contribution is -0.144. The first-order chi connectivity index (χ1) is 17.0. The van der Waals surface area contributed by atoms with Crippen LogP contribution in [-0.2, 0) is 25.5 Å². The Bertz CT molecular complexity index is 766. The summed E-state index contributed by atoms with van der Waals surface area (Å²) < 4.78 is 23.4. The number of unbranched alkanes of at least 4 members (excludes halogenated alkanes) is 9. The summed E-state index contributed by atoms with van der Waals surface area (Å²) in [6.07, 6.45) is 16.4. The van der Waals surface area contributed by atoms with Gasteiger partial charge in [0.05, 0.1) is 0 Å². The van der Waals surface area contributed by atoms with Crippen LogP contribution in [0, 0.1) is 0 Å². The Balaban J connectivity index is 1.30. The number of carbonyl (C=O) groups excluding carboxylic acids is 1. The predicted octanol–water partition coefficient (Wildman–Crippen LogP) is 6.68. The second-order valence-electron chi connectivity index (χ2n) is 10.2. The van der Waals surface area contributed by atoms with Gasteiger partial charge in [-0.25, -0.2) is 4.79 Å². The largest absolute Gasteiger partial charge is 0.447 e. The minimum Gasteiger partial charge on any atom is -0.447 e. The van der Waals surface area contributed by atoms with Crippen molar-refractivity contribution < 1.29 is 23.7 Å². The first kappa shape index (κ1) is 27.7. The van der Waals surface area contributed by atoms with Crippen LogP contribution in [0.4, 0.5) is 4.79 Å². The molecule has 0 saturated carbocycles. The van der Waals surface area contributed by atoms with Crippen molar-refractivity contribution in [2.75, 3.05) is 6.61 Å². The van der Waals surface area contributed by atoms with Gasteiger partial charge in [0.15, 0.2) is 5.79 Å². The maximum absolute atomic E-state index is 12.0. The van der Waals surface area contributed by atoms with Gasteiger partial charge >= 0.3 is 6.09 Å². The van der Waals surface area contributed by atoms with E-state index in [1.54, 1.807) is 0 Å². The van der Waals surface area contributed by atoms with Crippen LogP contribution in [0.2, 0.25) is 0 Å². The SMILES string of the molecule is CCCCCCCCCCC/C=C\[C@H]1OC(C)(C)O[C@H]1[C@H]1O[C@@H]1COC(=O)NCc1ccccc1. The number of carbonyl (C=O) groups is 1. The van der Waals surface area contributed by atoms with E-state index in [1.807, 2.05) is 44.2 Å². The normalized spacial score (nSPS) is 25.1. The minimum absolute atomic E-state index is 0.124. The number of alkyl carbamates (subject to hydrolysis) is 1. The smallest absolute Gasteiger partial charge is 0.407 e.